The van der Waals surface area contributed by atoms with Gasteiger partial charge in [-0.3, -0.25) is 0 Å². The van der Waals surface area contributed by atoms with E-state index in [0.29, 0.717) is 17.5 Å². The first-order valence-electron chi connectivity index (χ1n) is 23.3. The average Bonchev–Trinajstić information content (AvgIpc) is 3.67. The Balaban J connectivity index is 0.810. The van der Waals surface area contributed by atoms with Gasteiger partial charge in [-0.2, -0.15) is 0 Å². The molecule has 0 amide bonds. The summed E-state index contributed by atoms with van der Waals surface area (Å²) in [5.41, 5.74) is 20.8. The number of hydrogen-bond acceptors (Lipinski definition) is 3. The van der Waals surface area contributed by atoms with E-state index < -0.39 is 0 Å². The molecular formula is C63H47N3. The molecule has 0 saturated heterocycles. The fourth-order valence-corrected chi connectivity index (χ4v) is 10.5. The predicted molar refractivity (Wildman–Crippen MR) is 273 cm³/mol. The van der Waals surface area contributed by atoms with Crippen LogP contribution in [0.15, 0.2) is 224 Å². The van der Waals surface area contributed by atoms with Gasteiger partial charge < -0.3 is 0 Å². The van der Waals surface area contributed by atoms with Crippen molar-refractivity contribution >= 4 is 0 Å². The molecule has 1 aromatic heterocycles. The summed E-state index contributed by atoms with van der Waals surface area (Å²) >= 11 is 0. The Hall–Kier alpha value is -8.01. The minimum atomic E-state index is 0.161. The Labute approximate surface area is 387 Å². The summed E-state index contributed by atoms with van der Waals surface area (Å²) in [6, 6.07) is 80.7. The lowest BCUT2D eigenvalue weighted by Crippen LogP contribution is -2.28. The zero-order valence-electron chi connectivity index (χ0n) is 36.7. The zero-order valence-corrected chi connectivity index (χ0v) is 36.7. The summed E-state index contributed by atoms with van der Waals surface area (Å²) in [5, 5.41) is 0. The molecule has 1 saturated carbocycles. The van der Waals surface area contributed by atoms with Gasteiger partial charge in [-0.15, -0.1) is 0 Å². The van der Waals surface area contributed by atoms with Gasteiger partial charge in [0, 0.05) is 22.1 Å². The van der Waals surface area contributed by atoms with Crippen LogP contribution in [0.3, 0.4) is 0 Å². The molecule has 0 N–H and O–H groups in total. The molecule has 1 spiro atoms. The molecule has 2 aliphatic rings. The van der Waals surface area contributed by atoms with Crippen LogP contribution < -0.4 is 0 Å². The van der Waals surface area contributed by atoms with Crippen molar-refractivity contribution in [1.82, 2.24) is 15.0 Å². The lowest BCUT2D eigenvalue weighted by Gasteiger charge is -2.36. The monoisotopic (exact) mass is 845 g/mol. The Morgan fingerprint density at radius 1 is 0.242 bits per heavy atom. The van der Waals surface area contributed by atoms with E-state index in [9.17, 15) is 0 Å². The lowest BCUT2D eigenvalue weighted by molar-refractivity contribution is 0.353. The van der Waals surface area contributed by atoms with Gasteiger partial charge in [0.25, 0.3) is 0 Å². The fourth-order valence-electron chi connectivity index (χ4n) is 10.5. The number of rotatable bonds is 8. The normalized spacial score (nSPS) is 13.6. The van der Waals surface area contributed by atoms with Crippen LogP contribution in [0.4, 0.5) is 0 Å². The van der Waals surface area contributed by atoms with Gasteiger partial charge in [-0.1, -0.05) is 232 Å². The van der Waals surface area contributed by atoms with E-state index in [1.807, 2.05) is 12.1 Å². The van der Waals surface area contributed by atoms with Crippen LogP contribution in [-0.4, -0.2) is 15.0 Å². The zero-order chi connectivity index (χ0) is 43.9. The smallest absolute Gasteiger partial charge is 0.164 e. The summed E-state index contributed by atoms with van der Waals surface area (Å²) in [4.78, 5) is 15.2. The largest absolute Gasteiger partial charge is 0.208 e. The molecule has 9 aromatic carbocycles. The van der Waals surface area contributed by atoms with Crippen molar-refractivity contribution in [3.8, 4) is 101 Å². The molecule has 3 nitrogen and oxygen atoms in total. The summed E-state index contributed by atoms with van der Waals surface area (Å²) in [6.45, 7) is 0. The van der Waals surface area contributed by atoms with E-state index >= 15 is 0 Å². The van der Waals surface area contributed by atoms with Crippen molar-refractivity contribution in [2.75, 3.05) is 0 Å². The molecule has 10 aromatic rings. The molecule has 1 heterocycles. The molecule has 0 unspecified atom stereocenters. The highest BCUT2D eigenvalue weighted by atomic mass is 15.0. The second-order valence-electron chi connectivity index (χ2n) is 17.9. The van der Waals surface area contributed by atoms with E-state index in [1.54, 1.807) is 5.56 Å². The molecular weight excluding hydrogens is 799 g/mol. The molecule has 1 fully saturated rings. The maximum absolute atomic E-state index is 5.09. The average molecular weight is 846 g/mol. The van der Waals surface area contributed by atoms with Crippen LogP contribution in [0, 0.1) is 0 Å². The van der Waals surface area contributed by atoms with Gasteiger partial charge in [0.2, 0.25) is 0 Å². The Morgan fingerprint density at radius 3 is 1.12 bits per heavy atom. The highest BCUT2D eigenvalue weighted by molar-refractivity contribution is 5.85. The first-order valence-corrected chi connectivity index (χ1v) is 23.3. The van der Waals surface area contributed by atoms with Crippen LogP contribution in [0.5, 0.6) is 0 Å². The van der Waals surface area contributed by atoms with E-state index in [1.165, 1.54) is 76.6 Å². The van der Waals surface area contributed by atoms with Crippen LogP contribution in [0.25, 0.3) is 101 Å². The fraction of sp³-hybridized carbons (Fsp3) is 0.0952. The number of benzene rings is 9. The molecule has 0 aliphatic heterocycles. The first-order chi connectivity index (χ1) is 32.6. The van der Waals surface area contributed by atoms with Gasteiger partial charge >= 0.3 is 0 Å². The summed E-state index contributed by atoms with van der Waals surface area (Å²) in [6.07, 6.45) is 6.44. The van der Waals surface area contributed by atoms with Crippen molar-refractivity contribution in [3.05, 3.63) is 236 Å². The summed E-state index contributed by atoms with van der Waals surface area (Å²) in [7, 11) is 0. The van der Waals surface area contributed by atoms with Gasteiger partial charge in [0.15, 0.2) is 17.5 Å². The van der Waals surface area contributed by atoms with Gasteiger partial charge in [0.05, 0.1) is 0 Å². The van der Waals surface area contributed by atoms with Gasteiger partial charge in [-0.25, -0.2) is 15.0 Å². The third-order valence-electron chi connectivity index (χ3n) is 14.0. The van der Waals surface area contributed by atoms with E-state index in [4.69, 9.17) is 15.0 Å². The molecule has 314 valence electrons. The van der Waals surface area contributed by atoms with Crippen LogP contribution in [0.1, 0.15) is 43.2 Å². The van der Waals surface area contributed by atoms with Crippen molar-refractivity contribution in [2.45, 2.75) is 37.5 Å². The van der Waals surface area contributed by atoms with Crippen LogP contribution >= 0.6 is 0 Å². The second kappa shape index (κ2) is 16.8. The topological polar surface area (TPSA) is 38.7 Å². The Bertz CT molecular complexity index is 3330. The van der Waals surface area contributed by atoms with Gasteiger partial charge in [0.1, 0.15) is 0 Å². The second-order valence-corrected chi connectivity index (χ2v) is 17.9. The van der Waals surface area contributed by atoms with Crippen molar-refractivity contribution in [2.24, 2.45) is 0 Å². The maximum Gasteiger partial charge on any atom is 0.164 e. The molecule has 66 heavy (non-hydrogen) atoms. The maximum atomic E-state index is 5.09. The van der Waals surface area contributed by atoms with Crippen molar-refractivity contribution < 1.29 is 0 Å². The van der Waals surface area contributed by atoms with Crippen LogP contribution in [0.2, 0.25) is 0 Å². The predicted octanol–water partition coefficient (Wildman–Crippen LogP) is 16.4. The molecule has 2 aliphatic carbocycles. The minimum Gasteiger partial charge on any atom is -0.208 e. The quantitative estimate of drug-likeness (QED) is 0.153. The first kappa shape index (κ1) is 39.6. The summed E-state index contributed by atoms with van der Waals surface area (Å²) < 4.78 is 0. The van der Waals surface area contributed by atoms with Crippen LogP contribution in [-0.2, 0) is 5.41 Å². The van der Waals surface area contributed by atoms with E-state index in [0.717, 1.165) is 44.5 Å². The highest BCUT2D eigenvalue weighted by Crippen LogP contribution is 2.56. The molecule has 3 heteroatoms. The third-order valence-corrected chi connectivity index (χ3v) is 14.0. The number of aromatic nitrogens is 3. The van der Waals surface area contributed by atoms with Crippen molar-refractivity contribution in [3.63, 3.8) is 0 Å². The number of fused-ring (bicyclic) bond motifs is 5. The van der Waals surface area contributed by atoms with Crippen molar-refractivity contribution in [1.29, 1.82) is 0 Å². The number of nitrogens with zero attached hydrogens (tertiary/aromatic N) is 3. The Kier molecular flexibility index (Phi) is 10.1. The standard InChI is InChI=1S/C63H47N3/c1-4-13-43(14-5-1)45-29-33-51(34-30-45)60-64-61(66-62(65-60)55-18-12-17-53(41-55)44-15-6-2-7-16-44)52-35-31-49(32-36-52)47-23-21-46(22-24-47)48-25-27-50(28-26-48)54-37-38-57-56-19-8-9-20-58(56)63(59(57)42-54)39-10-3-11-40-63/h1-2,4-9,12-38,41-42H,3,10-11,39-40H2. The third kappa shape index (κ3) is 7.33. The van der Waals surface area contributed by atoms with E-state index in [2.05, 4.69) is 212 Å². The summed E-state index contributed by atoms with van der Waals surface area (Å²) in [5.74, 6) is 1.91. The van der Waals surface area contributed by atoms with Gasteiger partial charge in [-0.05, 0) is 103 Å². The Morgan fingerprint density at radius 2 is 0.591 bits per heavy atom. The number of hydrogen-bond donors (Lipinski definition) is 0. The SMILES string of the molecule is c1ccc(-c2ccc(-c3nc(-c4ccc(-c5ccc(-c6ccc(-c7ccc8c(c7)C7(CCCCC7)c7ccccc7-8)cc6)cc5)cc4)nc(-c4cccc(-c5ccccc5)c4)n3)cc2)cc1. The highest BCUT2D eigenvalue weighted by Gasteiger charge is 2.43. The molecule has 0 atom stereocenters. The molecule has 12 rings (SSSR count). The minimum absolute atomic E-state index is 0.161. The molecule has 0 bridgehead atoms. The lowest BCUT2D eigenvalue weighted by atomic mass is 9.67. The van der Waals surface area contributed by atoms with E-state index in [-0.39, 0.29) is 5.41 Å². The molecule has 0 radical (unpaired) electrons.